The summed E-state index contributed by atoms with van der Waals surface area (Å²) in [5.74, 6) is -0.157. The van der Waals surface area contributed by atoms with Crippen LogP contribution >= 0.6 is 11.6 Å². The first-order chi connectivity index (χ1) is 7.25. The fourth-order valence-electron chi connectivity index (χ4n) is 2.24. The van der Waals surface area contributed by atoms with Crippen molar-refractivity contribution in [2.24, 2.45) is 0 Å². The summed E-state index contributed by atoms with van der Waals surface area (Å²) in [6.45, 7) is 0.404. The SMILES string of the molecule is O=C1OCC2=C1CCc1ccc(Cl)cc12. The third-order valence-corrected chi connectivity index (χ3v) is 3.23. The molecule has 1 aromatic carbocycles. The second kappa shape index (κ2) is 3.11. The lowest BCUT2D eigenvalue weighted by Crippen LogP contribution is -2.06. The molecule has 2 nitrogen and oxygen atoms in total. The molecule has 0 N–H and O–H groups in total. The number of esters is 1. The highest BCUT2D eigenvalue weighted by atomic mass is 35.5. The van der Waals surface area contributed by atoms with Gasteiger partial charge in [-0.2, -0.15) is 0 Å². The van der Waals surface area contributed by atoms with Gasteiger partial charge in [-0.15, -0.1) is 0 Å². The molecule has 0 radical (unpaired) electrons. The van der Waals surface area contributed by atoms with Crippen LogP contribution in [0, 0.1) is 0 Å². The van der Waals surface area contributed by atoms with Gasteiger partial charge in [0.1, 0.15) is 6.61 Å². The van der Waals surface area contributed by atoms with Gasteiger partial charge in [0.2, 0.25) is 0 Å². The van der Waals surface area contributed by atoms with Gasteiger partial charge in [-0.05, 0) is 36.1 Å². The second-order valence-corrected chi connectivity index (χ2v) is 4.27. The van der Waals surface area contributed by atoms with E-state index in [1.807, 2.05) is 18.2 Å². The Morgan fingerprint density at radius 2 is 2.07 bits per heavy atom. The monoisotopic (exact) mass is 220 g/mol. The predicted octanol–water partition coefficient (Wildman–Crippen LogP) is 2.60. The molecule has 0 spiro atoms. The average Bonchev–Trinajstić information content (AvgIpc) is 2.61. The van der Waals surface area contributed by atoms with E-state index < -0.39 is 0 Å². The lowest BCUT2D eigenvalue weighted by atomic mass is 9.87. The third kappa shape index (κ3) is 1.29. The molecule has 1 aliphatic heterocycles. The molecule has 0 saturated heterocycles. The van der Waals surface area contributed by atoms with Crippen molar-refractivity contribution >= 4 is 23.1 Å². The zero-order valence-electron chi connectivity index (χ0n) is 8.05. The topological polar surface area (TPSA) is 26.3 Å². The standard InChI is InChI=1S/C12H9ClO2/c13-8-3-1-7-2-4-9-11(10(7)5-8)6-15-12(9)14/h1,3,5H,2,4,6H2. The molecular weight excluding hydrogens is 212 g/mol. The van der Waals surface area contributed by atoms with Crippen molar-refractivity contribution in [1.82, 2.24) is 0 Å². The summed E-state index contributed by atoms with van der Waals surface area (Å²) in [5.41, 5.74) is 4.22. The molecule has 0 saturated carbocycles. The third-order valence-electron chi connectivity index (χ3n) is 3.00. The van der Waals surface area contributed by atoms with E-state index in [-0.39, 0.29) is 5.97 Å². The van der Waals surface area contributed by atoms with Gasteiger partial charge in [0.05, 0.1) is 0 Å². The van der Waals surface area contributed by atoms with Gasteiger partial charge in [-0.3, -0.25) is 0 Å². The van der Waals surface area contributed by atoms with Crippen LogP contribution < -0.4 is 0 Å². The van der Waals surface area contributed by atoms with E-state index in [1.165, 1.54) is 5.56 Å². The second-order valence-electron chi connectivity index (χ2n) is 3.83. The Bertz CT molecular complexity index is 488. The first-order valence-corrected chi connectivity index (χ1v) is 5.31. The Balaban J connectivity index is 2.21. The van der Waals surface area contributed by atoms with Gasteiger partial charge >= 0.3 is 5.97 Å². The Hall–Kier alpha value is -1.28. The van der Waals surface area contributed by atoms with Gasteiger partial charge < -0.3 is 4.74 Å². The molecule has 0 atom stereocenters. The maximum absolute atomic E-state index is 11.4. The van der Waals surface area contributed by atoms with Gasteiger partial charge in [0, 0.05) is 16.2 Å². The smallest absolute Gasteiger partial charge is 0.334 e. The minimum absolute atomic E-state index is 0.157. The Morgan fingerprint density at radius 1 is 1.20 bits per heavy atom. The molecule has 0 bridgehead atoms. The van der Waals surface area contributed by atoms with Crippen molar-refractivity contribution in [3.63, 3.8) is 0 Å². The normalized spacial score (nSPS) is 18.6. The van der Waals surface area contributed by atoms with Crippen LogP contribution in [0.5, 0.6) is 0 Å². The summed E-state index contributed by atoms with van der Waals surface area (Å²) in [6.07, 6.45) is 1.70. The molecule has 0 unspecified atom stereocenters. The van der Waals surface area contributed by atoms with Gasteiger partial charge in [-0.1, -0.05) is 17.7 Å². The first kappa shape index (κ1) is 8.98. The minimum Gasteiger partial charge on any atom is -0.457 e. The molecule has 0 aromatic heterocycles. The number of hydrogen-bond donors (Lipinski definition) is 0. The van der Waals surface area contributed by atoms with Crippen LogP contribution in [-0.4, -0.2) is 12.6 Å². The van der Waals surface area contributed by atoms with Crippen molar-refractivity contribution in [2.45, 2.75) is 12.8 Å². The number of hydrogen-bond acceptors (Lipinski definition) is 2. The maximum Gasteiger partial charge on any atom is 0.334 e. The van der Waals surface area contributed by atoms with Crippen molar-refractivity contribution < 1.29 is 9.53 Å². The van der Waals surface area contributed by atoms with Crippen LogP contribution in [0.3, 0.4) is 0 Å². The number of cyclic esters (lactones) is 1. The van der Waals surface area contributed by atoms with Crippen molar-refractivity contribution in [3.8, 4) is 0 Å². The van der Waals surface area contributed by atoms with E-state index in [4.69, 9.17) is 16.3 Å². The average molecular weight is 221 g/mol. The molecule has 0 fully saturated rings. The van der Waals surface area contributed by atoms with Crippen molar-refractivity contribution in [2.75, 3.05) is 6.61 Å². The van der Waals surface area contributed by atoms with E-state index in [0.29, 0.717) is 11.6 Å². The predicted molar refractivity (Wildman–Crippen MR) is 57.7 cm³/mol. The number of halogens is 1. The van der Waals surface area contributed by atoms with Crippen LogP contribution in [0.4, 0.5) is 0 Å². The van der Waals surface area contributed by atoms with Crippen LogP contribution in [-0.2, 0) is 16.0 Å². The Kier molecular flexibility index (Phi) is 1.86. The number of carbonyl (C=O) groups is 1. The summed E-state index contributed by atoms with van der Waals surface area (Å²) >= 11 is 5.96. The number of benzene rings is 1. The van der Waals surface area contributed by atoms with Gasteiger partial charge in [0.25, 0.3) is 0 Å². The number of rotatable bonds is 0. The largest absolute Gasteiger partial charge is 0.457 e. The highest BCUT2D eigenvalue weighted by Gasteiger charge is 2.30. The molecule has 3 rings (SSSR count). The number of ether oxygens (including phenoxy) is 1. The number of carbonyl (C=O) groups excluding carboxylic acids is 1. The summed E-state index contributed by atoms with van der Waals surface area (Å²) in [6, 6.07) is 5.85. The highest BCUT2D eigenvalue weighted by molar-refractivity contribution is 6.30. The van der Waals surface area contributed by atoms with E-state index in [9.17, 15) is 4.79 Å². The maximum atomic E-state index is 11.4. The molecule has 1 heterocycles. The van der Waals surface area contributed by atoms with E-state index >= 15 is 0 Å². The number of fused-ring (bicyclic) bond motifs is 2. The summed E-state index contributed by atoms with van der Waals surface area (Å²) in [7, 11) is 0. The summed E-state index contributed by atoms with van der Waals surface area (Å²) < 4.78 is 5.04. The Labute approximate surface area is 92.5 Å². The molecule has 1 aliphatic carbocycles. The van der Waals surface area contributed by atoms with Gasteiger partial charge in [0.15, 0.2) is 0 Å². The summed E-state index contributed by atoms with van der Waals surface area (Å²) in [5, 5.41) is 0.710. The molecule has 76 valence electrons. The first-order valence-electron chi connectivity index (χ1n) is 4.93. The number of aryl methyl sites for hydroxylation is 1. The zero-order valence-corrected chi connectivity index (χ0v) is 8.80. The van der Waals surface area contributed by atoms with E-state index in [1.54, 1.807) is 0 Å². The van der Waals surface area contributed by atoms with Crippen molar-refractivity contribution in [3.05, 3.63) is 39.9 Å². The fraction of sp³-hybridized carbons (Fsp3) is 0.250. The quantitative estimate of drug-likeness (QED) is 0.629. The molecule has 1 aromatic rings. The zero-order chi connectivity index (χ0) is 10.4. The molecule has 15 heavy (non-hydrogen) atoms. The summed E-state index contributed by atoms with van der Waals surface area (Å²) in [4.78, 5) is 11.4. The molecule has 2 aliphatic rings. The van der Waals surface area contributed by atoms with E-state index in [0.717, 1.165) is 29.6 Å². The fourth-order valence-corrected chi connectivity index (χ4v) is 2.41. The minimum atomic E-state index is -0.157. The van der Waals surface area contributed by atoms with Crippen molar-refractivity contribution in [1.29, 1.82) is 0 Å². The molecule has 0 amide bonds. The lowest BCUT2D eigenvalue weighted by molar-refractivity contribution is -0.136. The molecular formula is C12H9ClO2. The van der Waals surface area contributed by atoms with Crippen LogP contribution in [0.2, 0.25) is 5.02 Å². The van der Waals surface area contributed by atoms with Crippen LogP contribution in [0.15, 0.2) is 23.8 Å². The highest BCUT2D eigenvalue weighted by Crippen LogP contribution is 2.36. The van der Waals surface area contributed by atoms with Crippen LogP contribution in [0.1, 0.15) is 17.5 Å². The molecule has 3 heteroatoms. The van der Waals surface area contributed by atoms with Crippen LogP contribution in [0.25, 0.3) is 5.57 Å². The Morgan fingerprint density at radius 3 is 2.93 bits per heavy atom. The lowest BCUT2D eigenvalue weighted by Gasteiger charge is -2.16. The van der Waals surface area contributed by atoms with Gasteiger partial charge in [-0.25, -0.2) is 4.79 Å². The van der Waals surface area contributed by atoms with E-state index in [2.05, 4.69) is 0 Å².